The third-order valence-electron chi connectivity index (χ3n) is 4.74. The van der Waals surface area contributed by atoms with Crippen LogP contribution in [0.4, 0.5) is 0 Å². The third-order valence-corrected chi connectivity index (χ3v) is 4.74. The van der Waals surface area contributed by atoms with E-state index in [-0.39, 0.29) is 12.3 Å². The van der Waals surface area contributed by atoms with Crippen molar-refractivity contribution in [1.82, 2.24) is 0 Å². The van der Waals surface area contributed by atoms with E-state index in [9.17, 15) is 9.59 Å². The molecular formula is C24H31NO5. The Morgan fingerprint density at radius 2 is 1.97 bits per heavy atom. The van der Waals surface area contributed by atoms with Crippen molar-refractivity contribution in [2.75, 3.05) is 7.11 Å². The first-order valence-corrected chi connectivity index (χ1v) is 10.0. The van der Waals surface area contributed by atoms with Gasteiger partial charge < -0.3 is 14.2 Å². The maximum atomic E-state index is 13.0. The Morgan fingerprint density at radius 3 is 2.53 bits per heavy atom. The van der Waals surface area contributed by atoms with Gasteiger partial charge in [-0.25, -0.2) is 4.79 Å². The van der Waals surface area contributed by atoms with Crippen molar-refractivity contribution in [3.63, 3.8) is 0 Å². The smallest absolute Gasteiger partial charge is 0.342 e. The molecule has 0 bridgehead atoms. The van der Waals surface area contributed by atoms with Gasteiger partial charge in [-0.15, -0.1) is 13.2 Å². The summed E-state index contributed by atoms with van der Waals surface area (Å²) in [4.78, 5) is 24.6. The molecule has 0 fully saturated rings. The second-order valence-corrected chi connectivity index (χ2v) is 7.10. The second-order valence-electron chi connectivity index (χ2n) is 7.10. The van der Waals surface area contributed by atoms with E-state index >= 15 is 0 Å². The number of carbonyl (C=O) groups is 2. The summed E-state index contributed by atoms with van der Waals surface area (Å²) in [6.45, 7) is 10.8. The van der Waals surface area contributed by atoms with Crippen LogP contribution >= 0.6 is 0 Å². The molecule has 0 heterocycles. The molecule has 1 aromatic rings. The molecule has 0 radical (unpaired) electrons. The maximum Gasteiger partial charge on any atom is 0.342 e. The summed E-state index contributed by atoms with van der Waals surface area (Å²) in [5, 5.41) is 9.02. The first-order chi connectivity index (χ1) is 14.4. The zero-order valence-electron chi connectivity index (χ0n) is 18.1. The minimum atomic E-state index is -0.588. The summed E-state index contributed by atoms with van der Waals surface area (Å²) in [5.74, 6) is -0.531. The quantitative estimate of drug-likeness (QED) is 0.341. The largest absolute Gasteiger partial charge is 0.496 e. The number of rotatable bonds is 13. The van der Waals surface area contributed by atoms with Crippen molar-refractivity contribution in [2.45, 2.75) is 58.2 Å². The van der Waals surface area contributed by atoms with Crippen LogP contribution in [-0.4, -0.2) is 31.3 Å². The van der Waals surface area contributed by atoms with Gasteiger partial charge in [0.2, 0.25) is 0 Å². The van der Waals surface area contributed by atoms with E-state index in [1.165, 1.54) is 14.0 Å². The van der Waals surface area contributed by atoms with Crippen LogP contribution in [0.1, 0.15) is 55.5 Å². The SMILES string of the molecule is C=CCc1cccc(OC)c1C(=O)O[C@@H](CCC#N)C[C@@H](OC(C)=O)[C@@H](C)CC=C. The predicted octanol–water partition coefficient (Wildman–Crippen LogP) is 4.79. The summed E-state index contributed by atoms with van der Waals surface area (Å²) in [7, 11) is 1.49. The summed E-state index contributed by atoms with van der Waals surface area (Å²) < 4.78 is 16.6. The molecule has 0 unspecified atom stereocenters. The van der Waals surface area contributed by atoms with Gasteiger partial charge in [-0.2, -0.15) is 5.26 Å². The molecule has 0 amide bonds. The number of nitrogens with zero attached hydrogens (tertiary/aromatic N) is 1. The van der Waals surface area contributed by atoms with Crippen LogP contribution in [0.3, 0.4) is 0 Å². The number of hydrogen-bond acceptors (Lipinski definition) is 6. The lowest BCUT2D eigenvalue weighted by Crippen LogP contribution is -2.31. The molecule has 0 aliphatic rings. The molecule has 30 heavy (non-hydrogen) atoms. The van der Waals surface area contributed by atoms with Gasteiger partial charge >= 0.3 is 11.9 Å². The fraction of sp³-hybridized carbons (Fsp3) is 0.458. The monoisotopic (exact) mass is 413 g/mol. The zero-order chi connectivity index (χ0) is 22.5. The highest BCUT2D eigenvalue weighted by Gasteiger charge is 2.28. The molecule has 6 heteroatoms. The number of allylic oxidation sites excluding steroid dienone is 2. The Balaban J connectivity index is 3.13. The molecule has 162 valence electrons. The van der Waals surface area contributed by atoms with Crippen LogP contribution in [-0.2, 0) is 20.7 Å². The number of benzene rings is 1. The third kappa shape index (κ3) is 7.75. The average Bonchev–Trinajstić information content (AvgIpc) is 2.71. The molecule has 1 rings (SSSR count). The summed E-state index contributed by atoms with van der Waals surface area (Å²) in [6, 6.07) is 7.40. The van der Waals surface area contributed by atoms with Crippen molar-refractivity contribution in [1.29, 1.82) is 5.26 Å². The summed E-state index contributed by atoms with van der Waals surface area (Å²) in [6.07, 6.45) is 4.40. The highest BCUT2D eigenvalue weighted by Crippen LogP contribution is 2.27. The Morgan fingerprint density at radius 1 is 1.23 bits per heavy atom. The number of carbonyl (C=O) groups excluding carboxylic acids is 2. The first-order valence-electron chi connectivity index (χ1n) is 10.0. The molecule has 0 spiro atoms. The molecule has 0 aliphatic carbocycles. The fourth-order valence-electron chi connectivity index (χ4n) is 3.25. The van der Waals surface area contributed by atoms with E-state index < -0.39 is 24.1 Å². The van der Waals surface area contributed by atoms with Crippen molar-refractivity contribution in [3.8, 4) is 11.8 Å². The van der Waals surface area contributed by atoms with E-state index in [1.54, 1.807) is 24.3 Å². The van der Waals surface area contributed by atoms with Crippen molar-refractivity contribution < 1.29 is 23.8 Å². The van der Waals surface area contributed by atoms with Gasteiger partial charge in [0, 0.05) is 19.8 Å². The molecule has 0 N–H and O–H groups in total. The summed E-state index contributed by atoms with van der Waals surface area (Å²) in [5.41, 5.74) is 1.08. The number of nitriles is 1. The second kappa shape index (κ2) is 13.2. The highest BCUT2D eigenvalue weighted by atomic mass is 16.6. The standard InChI is InChI=1S/C24H31NO5/c1-6-10-17(3)22(29-18(4)26)16-20(13-9-15-25)30-24(27)23-19(11-7-2)12-8-14-21(23)28-5/h6-8,12,14,17,20,22H,1-2,9-11,13,16H2,3-5H3/t17-,20-,22+/m0/s1. The molecule has 0 saturated heterocycles. The Bertz CT molecular complexity index is 780. The van der Waals surface area contributed by atoms with Gasteiger partial charge in [0.25, 0.3) is 0 Å². The minimum Gasteiger partial charge on any atom is -0.496 e. The number of ether oxygens (including phenoxy) is 3. The number of methoxy groups -OCH3 is 1. The Labute approximate surface area is 179 Å². The fourth-order valence-corrected chi connectivity index (χ4v) is 3.25. The van der Waals surface area contributed by atoms with E-state index in [0.717, 1.165) is 5.56 Å². The van der Waals surface area contributed by atoms with Gasteiger partial charge in [0.15, 0.2) is 0 Å². The average molecular weight is 414 g/mol. The predicted molar refractivity (Wildman–Crippen MR) is 115 cm³/mol. The van der Waals surface area contributed by atoms with E-state index in [4.69, 9.17) is 19.5 Å². The van der Waals surface area contributed by atoms with Gasteiger partial charge in [-0.1, -0.05) is 31.2 Å². The van der Waals surface area contributed by atoms with Crippen molar-refractivity contribution in [2.24, 2.45) is 5.92 Å². The molecule has 3 atom stereocenters. The van der Waals surface area contributed by atoms with Gasteiger partial charge in [-0.3, -0.25) is 4.79 Å². The van der Waals surface area contributed by atoms with Crippen LogP contribution in [0.2, 0.25) is 0 Å². The molecule has 0 aromatic heterocycles. The molecule has 1 aromatic carbocycles. The van der Waals surface area contributed by atoms with Crippen molar-refractivity contribution in [3.05, 3.63) is 54.6 Å². The van der Waals surface area contributed by atoms with Gasteiger partial charge in [0.1, 0.15) is 23.5 Å². The molecule has 0 saturated carbocycles. The van der Waals surface area contributed by atoms with Crippen molar-refractivity contribution >= 4 is 11.9 Å². The lowest BCUT2D eigenvalue weighted by atomic mass is 9.94. The number of hydrogen-bond donors (Lipinski definition) is 0. The van der Waals surface area contributed by atoms with E-state index in [1.807, 2.05) is 13.0 Å². The first kappa shape index (κ1) is 25.0. The topological polar surface area (TPSA) is 85.6 Å². The molecule has 6 nitrogen and oxygen atoms in total. The normalized spacial score (nSPS) is 13.3. The van der Waals surface area contributed by atoms with E-state index in [2.05, 4.69) is 19.2 Å². The zero-order valence-corrected chi connectivity index (χ0v) is 18.1. The highest BCUT2D eigenvalue weighted by molar-refractivity contribution is 5.94. The van der Waals surface area contributed by atoms with Crippen LogP contribution < -0.4 is 4.74 Å². The molecule has 0 aliphatic heterocycles. The van der Waals surface area contributed by atoms with Crippen LogP contribution in [0, 0.1) is 17.2 Å². The van der Waals surface area contributed by atoms with Crippen LogP contribution in [0.25, 0.3) is 0 Å². The minimum absolute atomic E-state index is 0.00252. The van der Waals surface area contributed by atoms with Gasteiger partial charge in [0.05, 0.1) is 13.2 Å². The number of esters is 2. The molecular weight excluding hydrogens is 382 g/mol. The van der Waals surface area contributed by atoms with E-state index in [0.29, 0.717) is 37.0 Å². The summed E-state index contributed by atoms with van der Waals surface area (Å²) >= 11 is 0. The lowest BCUT2D eigenvalue weighted by molar-refractivity contribution is -0.150. The Kier molecular flexibility index (Phi) is 11.0. The lowest BCUT2D eigenvalue weighted by Gasteiger charge is -2.27. The van der Waals surface area contributed by atoms with Gasteiger partial charge in [-0.05, 0) is 36.8 Å². The maximum absolute atomic E-state index is 13.0. The van der Waals surface area contributed by atoms with Crippen LogP contribution in [0.5, 0.6) is 5.75 Å². The van der Waals surface area contributed by atoms with Crippen LogP contribution in [0.15, 0.2) is 43.5 Å². The Hall–Kier alpha value is -3.07.